The summed E-state index contributed by atoms with van der Waals surface area (Å²) in [7, 11) is -1.57. The molecule has 0 spiro atoms. The maximum absolute atomic E-state index is 12.4. The van der Waals surface area contributed by atoms with Crippen LogP contribution >= 0.6 is 0 Å². The Morgan fingerprint density at radius 3 is 1.91 bits per heavy atom. The molecule has 11 heteroatoms. The van der Waals surface area contributed by atoms with E-state index in [0.717, 1.165) is 31.5 Å². The van der Waals surface area contributed by atoms with E-state index in [2.05, 4.69) is 47.1 Å². The molecule has 0 aliphatic heterocycles. The van der Waals surface area contributed by atoms with E-state index in [1.807, 2.05) is 19.2 Å². The zero-order valence-electron chi connectivity index (χ0n) is 22.4. The smallest absolute Gasteiger partial charge is 0.223 e. The molecular formula is C23H44N6O3Si2. The first-order valence-corrected chi connectivity index (χ1v) is 18.2. The second-order valence-electron chi connectivity index (χ2n) is 10.6. The van der Waals surface area contributed by atoms with Gasteiger partial charge in [0.15, 0.2) is 27.7 Å². The van der Waals surface area contributed by atoms with E-state index in [1.54, 1.807) is 6.92 Å². The summed E-state index contributed by atoms with van der Waals surface area (Å²) in [6.45, 7) is 15.0. The number of nitriles is 2. The van der Waals surface area contributed by atoms with Gasteiger partial charge in [0.05, 0.1) is 18.6 Å². The summed E-state index contributed by atoms with van der Waals surface area (Å²) in [5.41, 5.74) is -2.58. The number of carbonyl (C=O) groups is 2. The quantitative estimate of drug-likeness (QED) is 0.170. The van der Waals surface area contributed by atoms with Crippen LogP contribution in [-0.2, 0) is 13.7 Å². The summed E-state index contributed by atoms with van der Waals surface area (Å²) >= 11 is 0. The van der Waals surface area contributed by atoms with Gasteiger partial charge in [-0.05, 0) is 91.9 Å². The molecule has 0 fully saturated rings. The van der Waals surface area contributed by atoms with Crippen molar-refractivity contribution in [3.63, 3.8) is 0 Å². The minimum Gasteiger partial charge on any atom is -0.455 e. The Balaban J connectivity index is 4.70. The summed E-state index contributed by atoms with van der Waals surface area (Å²) in [6, 6.07) is 6.13. The number of ketones is 1. The molecule has 0 aromatic heterocycles. The highest BCUT2D eigenvalue weighted by Crippen LogP contribution is 2.24. The molecule has 2 N–H and O–H groups in total. The number of nitrogens with one attached hydrogen (secondary N) is 2. The number of hydrogen-bond donors (Lipinski definition) is 2. The average Bonchev–Trinajstić information content (AvgIpc) is 2.73. The van der Waals surface area contributed by atoms with Gasteiger partial charge in [0.1, 0.15) is 5.78 Å². The van der Waals surface area contributed by atoms with E-state index in [0.29, 0.717) is 6.54 Å². The molecule has 0 saturated heterocycles. The van der Waals surface area contributed by atoms with E-state index in [1.165, 1.54) is 13.8 Å². The molecule has 0 radical (unpaired) electrons. The Morgan fingerprint density at radius 2 is 1.44 bits per heavy atom. The maximum Gasteiger partial charge on any atom is 0.223 e. The number of azo groups is 1. The number of nitrogens with zero attached hydrogens (tertiary/aromatic N) is 4. The van der Waals surface area contributed by atoms with Crippen molar-refractivity contribution < 1.29 is 13.7 Å². The minimum absolute atomic E-state index is 0.0459. The molecule has 2 atom stereocenters. The number of hydrogen-bond acceptors (Lipinski definition) is 8. The summed E-state index contributed by atoms with van der Waals surface area (Å²) in [5, 5.41) is 33.1. The standard InChI is InChI=1S/C23H44N6O3Si2/c1-20(30)11-12-22(2,18-24)28-29-23(3,19-25)17-21(31)27-14-10-16-34(7,8)32-33(5,6)15-9-13-26-4/h26H,9-17H2,1-8H3,(H,27,31). The van der Waals surface area contributed by atoms with Crippen LogP contribution in [0.2, 0.25) is 38.3 Å². The Morgan fingerprint density at radius 1 is 0.941 bits per heavy atom. The van der Waals surface area contributed by atoms with Crippen LogP contribution in [-0.4, -0.2) is 59.5 Å². The molecule has 0 rings (SSSR count). The van der Waals surface area contributed by atoms with Crippen molar-refractivity contribution in [1.29, 1.82) is 10.5 Å². The lowest BCUT2D eigenvalue weighted by atomic mass is 9.97. The Labute approximate surface area is 208 Å². The molecule has 0 aliphatic rings. The first-order chi connectivity index (χ1) is 15.6. The molecule has 9 nitrogen and oxygen atoms in total. The number of amides is 1. The van der Waals surface area contributed by atoms with Crippen LogP contribution < -0.4 is 10.6 Å². The SMILES string of the molecule is CNCCC[Si](C)(C)O[Si](C)(C)CCCNC(=O)CC(C)(C#N)N=NC(C)(C#N)CCC(C)=O. The zero-order chi connectivity index (χ0) is 26.5. The summed E-state index contributed by atoms with van der Waals surface area (Å²) in [5.74, 6) is -0.331. The van der Waals surface area contributed by atoms with Gasteiger partial charge < -0.3 is 19.5 Å². The third-order valence-electron chi connectivity index (χ3n) is 5.48. The summed E-state index contributed by atoms with van der Waals surface area (Å²) in [6.07, 6.45) is 2.20. The van der Waals surface area contributed by atoms with Crippen molar-refractivity contribution in [2.45, 2.75) is 102 Å². The molecule has 0 aromatic carbocycles. The topological polar surface area (TPSA) is 140 Å². The van der Waals surface area contributed by atoms with Crippen molar-refractivity contribution >= 4 is 28.3 Å². The third-order valence-corrected chi connectivity index (χ3v) is 13.0. The second kappa shape index (κ2) is 14.5. The van der Waals surface area contributed by atoms with Gasteiger partial charge in [-0.25, -0.2) is 0 Å². The van der Waals surface area contributed by atoms with Crippen LogP contribution in [0.15, 0.2) is 10.2 Å². The predicted octanol–water partition coefficient (Wildman–Crippen LogP) is 4.31. The first kappa shape index (κ1) is 32.1. The molecule has 0 saturated carbocycles. The van der Waals surface area contributed by atoms with E-state index in [-0.39, 0.29) is 31.0 Å². The van der Waals surface area contributed by atoms with Gasteiger partial charge >= 0.3 is 0 Å². The highest BCUT2D eigenvalue weighted by atomic mass is 28.4. The summed E-state index contributed by atoms with van der Waals surface area (Å²) in [4.78, 5) is 23.7. The Bertz CT molecular complexity index is 791. The van der Waals surface area contributed by atoms with E-state index in [4.69, 9.17) is 4.12 Å². The van der Waals surface area contributed by atoms with E-state index in [9.17, 15) is 20.1 Å². The molecule has 0 aliphatic carbocycles. The Kier molecular flexibility index (Phi) is 13.6. The minimum atomic E-state index is -1.83. The van der Waals surface area contributed by atoms with Crippen molar-refractivity contribution in [3.8, 4) is 12.1 Å². The van der Waals surface area contributed by atoms with Crippen molar-refractivity contribution in [2.75, 3.05) is 20.1 Å². The normalized spacial score (nSPS) is 15.7. The molecule has 192 valence electrons. The fraction of sp³-hybridized carbons (Fsp3) is 0.826. The number of rotatable bonds is 17. The molecule has 2 unspecified atom stereocenters. The molecule has 0 bridgehead atoms. The first-order valence-electron chi connectivity index (χ1n) is 12.0. The monoisotopic (exact) mass is 508 g/mol. The van der Waals surface area contributed by atoms with Crippen LogP contribution in [0.25, 0.3) is 0 Å². The van der Waals surface area contributed by atoms with Gasteiger partial charge in [0.25, 0.3) is 0 Å². The highest BCUT2D eigenvalue weighted by Gasteiger charge is 2.33. The molecular weight excluding hydrogens is 464 g/mol. The molecule has 34 heavy (non-hydrogen) atoms. The fourth-order valence-corrected chi connectivity index (χ4v) is 12.4. The van der Waals surface area contributed by atoms with Crippen molar-refractivity contribution in [3.05, 3.63) is 0 Å². The van der Waals surface area contributed by atoms with Crippen molar-refractivity contribution in [1.82, 2.24) is 10.6 Å². The van der Waals surface area contributed by atoms with Gasteiger partial charge in [-0.3, -0.25) is 4.79 Å². The predicted molar refractivity (Wildman–Crippen MR) is 139 cm³/mol. The van der Waals surface area contributed by atoms with E-state index < -0.39 is 27.7 Å². The van der Waals surface area contributed by atoms with E-state index >= 15 is 0 Å². The van der Waals surface area contributed by atoms with Crippen LogP contribution in [0, 0.1) is 22.7 Å². The second-order valence-corrected chi connectivity index (χ2v) is 19.5. The number of carbonyl (C=O) groups excluding carboxylic acids is 2. The lowest BCUT2D eigenvalue weighted by Crippen LogP contribution is -2.44. The third kappa shape index (κ3) is 14.4. The van der Waals surface area contributed by atoms with Crippen molar-refractivity contribution in [2.24, 2.45) is 10.2 Å². The van der Waals surface area contributed by atoms with Gasteiger partial charge in [-0.1, -0.05) is 0 Å². The lowest BCUT2D eigenvalue weighted by Gasteiger charge is -2.34. The van der Waals surface area contributed by atoms with Crippen LogP contribution in [0.3, 0.4) is 0 Å². The van der Waals surface area contributed by atoms with Crippen LogP contribution in [0.5, 0.6) is 0 Å². The fourth-order valence-electron chi connectivity index (χ4n) is 3.52. The molecule has 1 amide bonds. The van der Waals surface area contributed by atoms with Crippen LogP contribution in [0.4, 0.5) is 0 Å². The highest BCUT2D eigenvalue weighted by molar-refractivity contribution is 6.84. The van der Waals surface area contributed by atoms with Gasteiger partial charge in [0.2, 0.25) is 5.91 Å². The Hall–Kier alpha value is -1.93. The number of Topliss-reactive ketones (excluding diaryl/α,β-unsaturated/α-hetero) is 1. The maximum atomic E-state index is 12.4. The van der Waals surface area contributed by atoms with Gasteiger partial charge in [0, 0.05) is 13.0 Å². The average molecular weight is 509 g/mol. The van der Waals surface area contributed by atoms with Gasteiger partial charge in [-0.15, -0.1) is 0 Å². The largest absolute Gasteiger partial charge is 0.455 e. The zero-order valence-corrected chi connectivity index (χ0v) is 24.4. The molecule has 0 aromatic rings. The van der Waals surface area contributed by atoms with Gasteiger partial charge in [-0.2, -0.15) is 20.8 Å². The summed E-state index contributed by atoms with van der Waals surface area (Å²) < 4.78 is 6.61. The molecule has 0 heterocycles. The van der Waals surface area contributed by atoms with Crippen LogP contribution in [0.1, 0.15) is 52.9 Å². The lowest BCUT2D eigenvalue weighted by molar-refractivity contribution is -0.121.